The maximum atomic E-state index is 11.6. The summed E-state index contributed by atoms with van der Waals surface area (Å²) in [6, 6.07) is 11.1. The highest BCUT2D eigenvalue weighted by molar-refractivity contribution is 6.30. The highest BCUT2D eigenvalue weighted by atomic mass is 35.5. The summed E-state index contributed by atoms with van der Waals surface area (Å²) in [5, 5.41) is 9.96. The lowest BCUT2D eigenvalue weighted by atomic mass is 10.1. The molecule has 6 heteroatoms. The molecule has 20 heavy (non-hydrogen) atoms. The summed E-state index contributed by atoms with van der Waals surface area (Å²) < 4.78 is 5.56. The number of benzene rings is 2. The molecule has 0 aliphatic carbocycles. The van der Waals surface area contributed by atoms with Crippen LogP contribution < -0.4 is 4.74 Å². The maximum absolute atomic E-state index is 11.6. The molecule has 0 atom stereocenters. The minimum Gasteiger partial charge on any atom is -0.457 e. The molecule has 2 amide bonds. The topological polar surface area (TPSA) is 66.8 Å². The van der Waals surface area contributed by atoms with Gasteiger partial charge in [-0.25, -0.2) is 0 Å². The van der Waals surface area contributed by atoms with Gasteiger partial charge >= 0.3 is 0 Å². The summed E-state index contributed by atoms with van der Waals surface area (Å²) >= 11 is 5.77. The average Bonchev–Trinajstić information content (AvgIpc) is 2.66. The number of fused-ring (bicyclic) bond motifs is 1. The lowest BCUT2D eigenvalue weighted by Gasteiger charge is -2.06. The number of halogens is 1. The Balaban J connectivity index is 1.92. The van der Waals surface area contributed by atoms with Crippen molar-refractivity contribution < 1.29 is 19.5 Å². The van der Waals surface area contributed by atoms with Crippen molar-refractivity contribution in [2.45, 2.75) is 0 Å². The van der Waals surface area contributed by atoms with Crippen LogP contribution in [0, 0.1) is 0 Å². The van der Waals surface area contributed by atoms with Crippen molar-refractivity contribution in [3.63, 3.8) is 0 Å². The Kier molecular flexibility index (Phi) is 2.93. The smallest absolute Gasteiger partial charge is 0.285 e. The van der Waals surface area contributed by atoms with Crippen molar-refractivity contribution in [1.82, 2.24) is 5.06 Å². The van der Waals surface area contributed by atoms with Crippen LogP contribution in [-0.2, 0) is 0 Å². The Bertz CT molecular complexity index is 712. The van der Waals surface area contributed by atoms with Gasteiger partial charge in [0.15, 0.2) is 0 Å². The van der Waals surface area contributed by atoms with Crippen LogP contribution in [0.15, 0.2) is 42.5 Å². The van der Waals surface area contributed by atoms with Gasteiger partial charge in [0.05, 0.1) is 11.1 Å². The SMILES string of the molecule is O=C1c2ccc(Oc3ccc(Cl)cc3)cc2C(=O)N1O. The van der Waals surface area contributed by atoms with Crippen molar-refractivity contribution in [1.29, 1.82) is 0 Å². The normalized spacial score (nSPS) is 13.6. The molecule has 0 unspecified atom stereocenters. The van der Waals surface area contributed by atoms with Crippen molar-refractivity contribution in [2.24, 2.45) is 0 Å². The predicted octanol–water partition coefficient (Wildman–Crippen LogP) is 3.12. The van der Waals surface area contributed by atoms with E-state index in [4.69, 9.17) is 16.3 Å². The molecule has 2 aromatic rings. The van der Waals surface area contributed by atoms with Crippen LogP contribution in [0.3, 0.4) is 0 Å². The van der Waals surface area contributed by atoms with Gasteiger partial charge in [0.25, 0.3) is 11.8 Å². The summed E-state index contributed by atoms with van der Waals surface area (Å²) in [6.45, 7) is 0. The van der Waals surface area contributed by atoms with Crippen molar-refractivity contribution in [2.75, 3.05) is 0 Å². The summed E-state index contributed by atoms with van der Waals surface area (Å²) in [6.07, 6.45) is 0. The Morgan fingerprint density at radius 2 is 1.50 bits per heavy atom. The summed E-state index contributed by atoms with van der Waals surface area (Å²) in [7, 11) is 0. The second-order valence-electron chi connectivity index (χ2n) is 4.19. The first-order valence-electron chi connectivity index (χ1n) is 5.71. The molecular formula is C14H8ClNO4. The quantitative estimate of drug-likeness (QED) is 0.681. The van der Waals surface area contributed by atoms with Crippen LogP contribution in [0.5, 0.6) is 11.5 Å². The van der Waals surface area contributed by atoms with Crippen molar-refractivity contribution >= 4 is 23.4 Å². The fourth-order valence-corrected chi connectivity index (χ4v) is 2.04. The van der Waals surface area contributed by atoms with E-state index in [-0.39, 0.29) is 16.2 Å². The molecule has 0 aromatic heterocycles. The van der Waals surface area contributed by atoms with E-state index < -0.39 is 11.8 Å². The summed E-state index contributed by atoms with van der Waals surface area (Å²) in [5.74, 6) is -0.552. The molecule has 1 aliphatic rings. The minimum atomic E-state index is -0.758. The monoisotopic (exact) mass is 289 g/mol. The molecule has 0 bridgehead atoms. The van der Waals surface area contributed by atoms with Gasteiger partial charge in [0, 0.05) is 5.02 Å². The lowest BCUT2D eigenvalue weighted by Crippen LogP contribution is -2.25. The van der Waals surface area contributed by atoms with Crippen LogP contribution in [-0.4, -0.2) is 22.1 Å². The Morgan fingerprint density at radius 3 is 2.20 bits per heavy atom. The summed E-state index contributed by atoms with van der Waals surface area (Å²) in [5.41, 5.74) is 0.268. The number of ether oxygens (including phenoxy) is 1. The van der Waals surface area contributed by atoms with Gasteiger partial charge < -0.3 is 4.74 Å². The zero-order chi connectivity index (χ0) is 14.3. The molecule has 1 N–H and O–H groups in total. The van der Waals surface area contributed by atoms with Gasteiger partial charge in [0.1, 0.15) is 11.5 Å². The van der Waals surface area contributed by atoms with Gasteiger partial charge in [-0.1, -0.05) is 11.6 Å². The van der Waals surface area contributed by atoms with E-state index in [1.165, 1.54) is 12.1 Å². The number of carbonyl (C=O) groups is 2. The predicted molar refractivity (Wildman–Crippen MR) is 70.3 cm³/mol. The molecule has 5 nitrogen and oxygen atoms in total. The Hall–Kier alpha value is -2.37. The van der Waals surface area contributed by atoms with Gasteiger partial charge in [-0.15, -0.1) is 5.06 Å². The van der Waals surface area contributed by atoms with Crippen LogP contribution in [0.25, 0.3) is 0 Å². The number of carbonyl (C=O) groups excluding carboxylic acids is 2. The van der Waals surface area contributed by atoms with E-state index in [0.717, 1.165) is 0 Å². The molecule has 2 aromatic carbocycles. The van der Waals surface area contributed by atoms with Crippen LogP contribution in [0.1, 0.15) is 20.7 Å². The number of nitrogens with zero attached hydrogens (tertiary/aromatic N) is 1. The van der Waals surface area contributed by atoms with Crippen molar-refractivity contribution in [3.8, 4) is 11.5 Å². The third-order valence-electron chi connectivity index (χ3n) is 2.89. The number of amides is 2. The molecular weight excluding hydrogens is 282 g/mol. The van der Waals surface area contributed by atoms with Gasteiger partial charge in [-0.2, -0.15) is 0 Å². The lowest BCUT2D eigenvalue weighted by molar-refractivity contribution is -0.0327. The van der Waals surface area contributed by atoms with Gasteiger partial charge in [-0.05, 0) is 42.5 Å². The Labute approximate surface area is 118 Å². The number of hydrogen-bond acceptors (Lipinski definition) is 4. The number of imide groups is 1. The maximum Gasteiger partial charge on any atom is 0.285 e. The third-order valence-corrected chi connectivity index (χ3v) is 3.14. The first-order chi connectivity index (χ1) is 9.56. The molecule has 0 saturated carbocycles. The van der Waals surface area contributed by atoms with E-state index in [2.05, 4.69) is 0 Å². The van der Waals surface area contributed by atoms with Crippen LogP contribution >= 0.6 is 11.6 Å². The van der Waals surface area contributed by atoms with E-state index in [1.54, 1.807) is 30.3 Å². The largest absolute Gasteiger partial charge is 0.457 e. The van der Waals surface area contributed by atoms with Gasteiger partial charge in [0.2, 0.25) is 0 Å². The zero-order valence-electron chi connectivity index (χ0n) is 10.0. The molecule has 0 fully saturated rings. The number of rotatable bonds is 2. The van der Waals surface area contributed by atoms with E-state index in [1.807, 2.05) is 0 Å². The molecule has 0 spiro atoms. The van der Waals surface area contributed by atoms with Crippen molar-refractivity contribution in [3.05, 3.63) is 58.6 Å². The van der Waals surface area contributed by atoms with Gasteiger partial charge in [-0.3, -0.25) is 14.8 Å². The number of hydroxylamine groups is 2. The average molecular weight is 290 g/mol. The highest BCUT2D eigenvalue weighted by Gasteiger charge is 2.35. The second-order valence-corrected chi connectivity index (χ2v) is 4.62. The fourth-order valence-electron chi connectivity index (χ4n) is 1.91. The van der Waals surface area contributed by atoms with E-state index in [0.29, 0.717) is 16.5 Å². The molecule has 1 aliphatic heterocycles. The summed E-state index contributed by atoms with van der Waals surface area (Å²) in [4.78, 5) is 23.2. The van der Waals surface area contributed by atoms with Crippen LogP contribution in [0.4, 0.5) is 0 Å². The standard InChI is InChI=1S/C14H8ClNO4/c15-8-1-3-9(4-2-8)20-10-5-6-11-12(7-10)14(18)16(19)13(11)17/h1-7,19H. The molecule has 0 saturated heterocycles. The highest BCUT2D eigenvalue weighted by Crippen LogP contribution is 2.29. The second kappa shape index (κ2) is 4.63. The third kappa shape index (κ3) is 2.03. The first kappa shape index (κ1) is 12.7. The van der Waals surface area contributed by atoms with Crippen LogP contribution in [0.2, 0.25) is 5.02 Å². The van der Waals surface area contributed by atoms with E-state index in [9.17, 15) is 14.8 Å². The Morgan fingerprint density at radius 1 is 0.900 bits per heavy atom. The number of hydrogen-bond donors (Lipinski definition) is 1. The molecule has 1 heterocycles. The molecule has 100 valence electrons. The zero-order valence-corrected chi connectivity index (χ0v) is 10.8. The fraction of sp³-hybridized carbons (Fsp3) is 0. The first-order valence-corrected chi connectivity index (χ1v) is 6.09. The molecule has 3 rings (SSSR count). The minimum absolute atomic E-state index is 0.0940. The molecule has 0 radical (unpaired) electrons. The van der Waals surface area contributed by atoms with E-state index >= 15 is 0 Å².